The van der Waals surface area contributed by atoms with E-state index in [9.17, 15) is 4.79 Å². The Morgan fingerprint density at radius 1 is 0.760 bits per heavy atom. The van der Waals surface area contributed by atoms with Crippen LogP contribution in [0.3, 0.4) is 0 Å². The van der Waals surface area contributed by atoms with Gasteiger partial charge in [0.25, 0.3) is 0 Å². The highest BCUT2D eigenvalue weighted by Gasteiger charge is 2.07. The van der Waals surface area contributed by atoms with Crippen LogP contribution in [-0.2, 0) is 4.79 Å². The number of esters is 1. The number of carbonyl (C=O) groups is 1. The van der Waals surface area contributed by atoms with Crippen molar-refractivity contribution in [3.05, 3.63) is 83.9 Å². The predicted octanol–water partition coefficient (Wildman–Crippen LogP) is 4.95. The van der Waals surface area contributed by atoms with E-state index in [1.807, 2.05) is 74.5 Å². The third-order valence-corrected chi connectivity index (χ3v) is 3.75. The van der Waals surface area contributed by atoms with E-state index >= 15 is 0 Å². The molecule has 0 spiro atoms. The molecule has 0 bridgehead atoms. The summed E-state index contributed by atoms with van der Waals surface area (Å²) >= 11 is 0. The quantitative estimate of drug-likeness (QED) is 0.489. The smallest absolute Gasteiger partial charge is 0.349 e. The molecular formula is C22H20O3. The predicted molar refractivity (Wildman–Crippen MR) is 98.9 cm³/mol. The van der Waals surface area contributed by atoms with Gasteiger partial charge in [-0.2, -0.15) is 0 Å². The number of rotatable bonds is 5. The van der Waals surface area contributed by atoms with Crippen LogP contribution >= 0.6 is 0 Å². The van der Waals surface area contributed by atoms with Gasteiger partial charge in [-0.25, -0.2) is 4.79 Å². The topological polar surface area (TPSA) is 35.5 Å². The Balaban J connectivity index is 1.57. The summed E-state index contributed by atoms with van der Waals surface area (Å²) in [5, 5.41) is 0. The molecule has 0 aliphatic rings. The lowest BCUT2D eigenvalue weighted by molar-refractivity contribution is -0.136. The Morgan fingerprint density at radius 3 is 2.00 bits per heavy atom. The molecule has 0 heterocycles. The van der Waals surface area contributed by atoms with E-state index in [4.69, 9.17) is 9.47 Å². The van der Waals surface area contributed by atoms with Crippen molar-refractivity contribution in [3.8, 4) is 22.6 Å². The van der Waals surface area contributed by atoms with Crippen LogP contribution in [0.2, 0.25) is 0 Å². The van der Waals surface area contributed by atoms with Gasteiger partial charge in [-0.05, 0) is 60.4 Å². The second-order valence-corrected chi connectivity index (χ2v) is 5.98. The first-order chi connectivity index (χ1) is 12.1. The van der Waals surface area contributed by atoms with Gasteiger partial charge in [-0.3, -0.25) is 0 Å². The van der Waals surface area contributed by atoms with Gasteiger partial charge in [0, 0.05) is 0 Å². The fourth-order valence-electron chi connectivity index (χ4n) is 2.67. The number of aryl methyl sites for hydroxylation is 2. The molecule has 0 unspecified atom stereocenters. The van der Waals surface area contributed by atoms with Crippen LogP contribution in [0.25, 0.3) is 11.1 Å². The standard InChI is InChI=1S/C22H20O3/c1-16-12-17(2)14-21(13-16)25-22(23)15-24-20-10-8-19(9-11-20)18-6-4-3-5-7-18/h3-14H,15H2,1-2H3. The molecule has 0 saturated heterocycles. The van der Waals surface area contributed by atoms with E-state index in [1.54, 1.807) is 0 Å². The summed E-state index contributed by atoms with van der Waals surface area (Å²) in [4.78, 5) is 11.9. The van der Waals surface area contributed by atoms with E-state index in [-0.39, 0.29) is 6.61 Å². The van der Waals surface area contributed by atoms with Crippen molar-refractivity contribution in [1.29, 1.82) is 0 Å². The molecule has 0 radical (unpaired) electrons. The minimum atomic E-state index is -0.419. The van der Waals surface area contributed by atoms with Crippen LogP contribution in [0, 0.1) is 13.8 Å². The SMILES string of the molecule is Cc1cc(C)cc(OC(=O)COc2ccc(-c3ccccc3)cc2)c1. The zero-order valence-electron chi connectivity index (χ0n) is 14.4. The third-order valence-electron chi connectivity index (χ3n) is 3.75. The Labute approximate surface area is 147 Å². The monoisotopic (exact) mass is 332 g/mol. The van der Waals surface area contributed by atoms with E-state index < -0.39 is 5.97 Å². The van der Waals surface area contributed by atoms with E-state index in [0.717, 1.165) is 22.3 Å². The second kappa shape index (κ2) is 7.67. The van der Waals surface area contributed by atoms with Crippen molar-refractivity contribution >= 4 is 5.97 Å². The summed E-state index contributed by atoms with van der Waals surface area (Å²) in [6.07, 6.45) is 0. The maximum atomic E-state index is 11.9. The molecule has 0 saturated carbocycles. The average molecular weight is 332 g/mol. The second-order valence-electron chi connectivity index (χ2n) is 5.98. The number of benzene rings is 3. The number of hydrogen-bond donors (Lipinski definition) is 0. The van der Waals surface area contributed by atoms with Gasteiger partial charge in [0.05, 0.1) is 0 Å². The Bertz CT molecular complexity index is 832. The van der Waals surface area contributed by atoms with Gasteiger partial charge in [0.2, 0.25) is 0 Å². The van der Waals surface area contributed by atoms with Crippen molar-refractivity contribution in [2.24, 2.45) is 0 Å². The third kappa shape index (κ3) is 4.70. The van der Waals surface area contributed by atoms with Gasteiger partial charge in [0.15, 0.2) is 6.61 Å². The highest BCUT2D eigenvalue weighted by atomic mass is 16.6. The zero-order valence-corrected chi connectivity index (χ0v) is 14.4. The lowest BCUT2D eigenvalue weighted by Gasteiger charge is -2.09. The summed E-state index contributed by atoms with van der Waals surface area (Å²) in [6.45, 7) is 3.81. The molecule has 3 heteroatoms. The van der Waals surface area contributed by atoms with Crippen molar-refractivity contribution in [2.75, 3.05) is 6.61 Å². The summed E-state index contributed by atoms with van der Waals surface area (Å²) in [5.74, 6) is 0.764. The Morgan fingerprint density at radius 2 is 1.36 bits per heavy atom. The molecular weight excluding hydrogens is 312 g/mol. The molecule has 3 aromatic rings. The summed E-state index contributed by atoms with van der Waals surface area (Å²) in [5.41, 5.74) is 4.36. The van der Waals surface area contributed by atoms with Gasteiger partial charge < -0.3 is 9.47 Å². The Hall–Kier alpha value is -3.07. The van der Waals surface area contributed by atoms with Crippen LogP contribution in [0.4, 0.5) is 0 Å². The molecule has 0 aliphatic carbocycles. The van der Waals surface area contributed by atoms with Gasteiger partial charge in [-0.15, -0.1) is 0 Å². The van der Waals surface area contributed by atoms with Crippen molar-refractivity contribution in [1.82, 2.24) is 0 Å². The molecule has 3 rings (SSSR count). The largest absolute Gasteiger partial charge is 0.482 e. The minimum absolute atomic E-state index is 0.127. The molecule has 3 nitrogen and oxygen atoms in total. The molecule has 3 aromatic carbocycles. The molecule has 0 N–H and O–H groups in total. The zero-order chi connectivity index (χ0) is 17.6. The van der Waals surface area contributed by atoms with Crippen LogP contribution in [0.5, 0.6) is 11.5 Å². The van der Waals surface area contributed by atoms with Crippen LogP contribution in [0.1, 0.15) is 11.1 Å². The van der Waals surface area contributed by atoms with Gasteiger partial charge in [-0.1, -0.05) is 48.5 Å². The maximum absolute atomic E-state index is 11.9. The highest BCUT2D eigenvalue weighted by molar-refractivity contribution is 5.74. The number of ether oxygens (including phenoxy) is 2. The summed E-state index contributed by atoms with van der Waals surface area (Å²) < 4.78 is 10.8. The number of hydrogen-bond acceptors (Lipinski definition) is 3. The summed E-state index contributed by atoms with van der Waals surface area (Å²) in [7, 11) is 0. The van der Waals surface area contributed by atoms with Crippen LogP contribution in [0.15, 0.2) is 72.8 Å². The van der Waals surface area contributed by atoms with Crippen LogP contribution in [-0.4, -0.2) is 12.6 Å². The lowest BCUT2D eigenvalue weighted by atomic mass is 10.1. The maximum Gasteiger partial charge on any atom is 0.349 e. The van der Waals surface area contributed by atoms with Crippen molar-refractivity contribution < 1.29 is 14.3 Å². The molecule has 0 fully saturated rings. The summed E-state index contributed by atoms with van der Waals surface area (Å²) in [6, 6.07) is 23.4. The normalized spacial score (nSPS) is 10.3. The van der Waals surface area contributed by atoms with Crippen LogP contribution < -0.4 is 9.47 Å². The molecule has 0 atom stereocenters. The first-order valence-electron chi connectivity index (χ1n) is 8.17. The first-order valence-corrected chi connectivity index (χ1v) is 8.17. The molecule has 0 aliphatic heterocycles. The Kier molecular flexibility index (Phi) is 5.14. The first kappa shape index (κ1) is 16.8. The van der Waals surface area contributed by atoms with E-state index in [0.29, 0.717) is 11.5 Å². The minimum Gasteiger partial charge on any atom is -0.482 e. The lowest BCUT2D eigenvalue weighted by Crippen LogP contribution is -2.17. The van der Waals surface area contributed by atoms with E-state index in [2.05, 4.69) is 12.1 Å². The van der Waals surface area contributed by atoms with Gasteiger partial charge in [0.1, 0.15) is 11.5 Å². The fourth-order valence-corrected chi connectivity index (χ4v) is 2.67. The number of carbonyl (C=O) groups excluding carboxylic acids is 1. The highest BCUT2D eigenvalue weighted by Crippen LogP contribution is 2.22. The van der Waals surface area contributed by atoms with E-state index in [1.165, 1.54) is 0 Å². The molecule has 0 aromatic heterocycles. The molecule has 0 amide bonds. The van der Waals surface area contributed by atoms with Gasteiger partial charge >= 0.3 is 5.97 Å². The average Bonchev–Trinajstić information content (AvgIpc) is 2.60. The molecule has 126 valence electrons. The fraction of sp³-hybridized carbons (Fsp3) is 0.136. The van der Waals surface area contributed by atoms with Crippen molar-refractivity contribution in [2.45, 2.75) is 13.8 Å². The molecule has 25 heavy (non-hydrogen) atoms. The van der Waals surface area contributed by atoms with Crippen molar-refractivity contribution in [3.63, 3.8) is 0 Å².